The zero-order chi connectivity index (χ0) is 19.5. The monoisotopic (exact) mass is 373 g/mol. The number of nitrogens with zero attached hydrogens (tertiary/aromatic N) is 3. The number of nitrogens with two attached hydrogens (primary N) is 1. The highest BCUT2D eigenvalue weighted by atomic mass is 16.1. The summed E-state index contributed by atoms with van der Waals surface area (Å²) in [4.78, 5) is 21.0. The second-order valence-corrected chi connectivity index (χ2v) is 6.98. The molecule has 2 heterocycles. The number of pyridine rings is 1. The number of anilines is 1. The summed E-state index contributed by atoms with van der Waals surface area (Å²) in [5.74, 6) is 0.427. The van der Waals surface area contributed by atoms with E-state index < -0.39 is 0 Å². The lowest BCUT2D eigenvalue weighted by Crippen LogP contribution is -2.24. The number of fused-ring (bicyclic) bond motifs is 3. The molecular weight excluding hydrogens is 350 g/mol. The lowest BCUT2D eigenvalue weighted by atomic mass is 10.1. The van der Waals surface area contributed by atoms with Crippen molar-refractivity contribution >= 4 is 33.7 Å². The molecule has 2 aromatic heterocycles. The number of imidazole rings is 1. The molecule has 0 saturated carbocycles. The Balaban J connectivity index is 1.38. The quantitative estimate of drug-likeness (QED) is 0.505. The maximum Gasteiger partial charge on any atom is 0.251 e. The topological polar surface area (TPSA) is 85.8 Å². The summed E-state index contributed by atoms with van der Waals surface area (Å²) in [6, 6.07) is 15.6. The van der Waals surface area contributed by atoms with Crippen molar-refractivity contribution in [2.75, 3.05) is 12.3 Å². The van der Waals surface area contributed by atoms with E-state index in [-0.39, 0.29) is 5.91 Å². The lowest BCUT2D eigenvalue weighted by Gasteiger charge is -2.08. The molecule has 0 aliphatic carbocycles. The van der Waals surface area contributed by atoms with Crippen LogP contribution >= 0.6 is 0 Å². The van der Waals surface area contributed by atoms with Gasteiger partial charge in [-0.2, -0.15) is 0 Å². The number of nitrogen functional groups attached to an aromatic ring is 1. The molecule has 4 aromatic rings. The van der Waals surface area contributed by atoms with Crippen molar-refractivity contribution in [2.45, 2.75) is 26.3 Å². The molecule has 3 N–H and O–H groups in total. The summed E-state index contributed by atoms with van der Waals surface area (Å²) in [6.45, 7) is 3.46. The number of amides is 1. The molecule has 0 bridgehead atoms. The molecule has 1 amide bonds. The first-order valence-corrected chi connectivity index (χ1v) is 9.47. The number of aromatic nitrogens is 3. The largest absolute Gasteiger partial charge is 0.382 e. The summed E-state index contributed by atoms with van der Waals surface area (Å²) in [5, 5.41) is 4.03. The average Bonchev–Trinajstić information content (AvgIpc) is 3.13. The number of rotatable bonds is 6. The number of hydrogen-bond donors (Lipinski definition) is 2. The van der Waals surface area contributed by atoms with E-state index in [0.717, 1.165) is 46.9 Å². The highest BCUT2D eigenvalue weighted by Gasteiger charge is 2.11. The van der Waals surface area contributed by atoms with Gasteiger partial charge in [0.1, 0.15) is 5.52 Å². The van der Waals surface area contributed by atoms with Gasteiger partial charge in [0.05, 0.1) is 17.4 Å². The molecule has 28 heavy (non-hydrogen) atoms. The van der Waals surface area contributed by atoms with Gasteiger partial charge in [-0.1, -0.05) is 35.9 Å². The highest BCUT2D eigenvalue weighted by Crippen LogP contribution is 2.27. The van der Waals surface area contributed by atoms with Gasteiger partial charge in [0.2, 0.25) is 0 Å². The molecule has 0 saturated heterocycles. The maximum absolute atomic E-state index is 12.2. The number of carbonyl (C=O) groups excluding carboxylic acids is 1. The molecule has 142 valence electrons. The van der Waals surface area contributed by atoms with Crippen molar-refractivity contribution in [3.8, 4) is 0 Å². The maximum atomic E-state index is 12.2. The van der Waals surface area contributed by atoms with Crippen LogP contribution in [0, 0.1) is 6.92 Å². The predicted molar refractivity (Wildman–Crippen MR) is 112 cm³/mol. The third kappa shape index (κ3) is 3.53. The van der Waals surface area contributed by atoms with Gasteiger partial charge in [-0.05, 0) is 38.0 Å². The standard InChI is InChI=1S/C22H23N5O/c1-15-8-10-16(11-9-15)22(28)24-12-4-5-13-27-14-25-19-20(27)17-6-2-3-7-18(17)26-21(19)23/h2-3,6-11,14H,4-5,12-13H2,1H3,(H2,23,26)(H,24,28). The fourth-order valence-corrected chi connectivity index (χ4v) is 3.39. The third-order valence-corrected chi connectivity index (χ3v) is 4.91. The Morgan fingerprint density at radius 2 is 1.89 bits per heavy atom. The molecular formula is C22H23N5O. The van der Waals surface area contributed by atoms with Gasteiger partial charge in [-0.25, -0.2) is 9.97 Å². The summed E-state index contributed by atoms with van der Waals surface area (Å²) < 4.78 is 2.12. The zero-order valence-electron chi connectivity index (χ0n) is 15.9. The van der Waals surface area contributed by atoms with Gasteiger partial charge in [-0.3, -0.25) is 4.79 Å². The number of benzene rings is 2. The second kappa shape index (κ2) is 7.68. The molecule has 0 fully saturated rings. The number of aryl methyl sites for hydroxylation is 2. The molecule has 4 rings (SSSR count). The molecule has 0 atom stereocenters. The van der Waals surface area contributed by atoms with Crippen LogP contribution in [0.1, 0.15) is 28.8 Å². The average molecular weight is 373 g/mol. The van der Waals surface area contributed by atoms with Crippen LogP contribution in [-0.2, 0) is 6.54 Å². The SMILES string of the molecule is Cc1ccc(C(=O)NCCCCn2cnc3c(N)nc4ccccc4c32)cc1. The van der Waals surface area contributed by atoms with Crippen LogP contribution in [0.3, 0.4) is 0 Å². The molecule has 6 nitrogen and oxygen atoms in total. The van der Waals surface area contributed by atoms with Gasteiger partial charge < -0.3 is 15.6 Å². The Kier molecular flexibility index (Phi) is 4.93. The first kappa shape index (κ1) is 18.0. The van der Waals surface area contributed by atoms with Gasteiger partial charge in [0, 0.05) is 24.0 Å². The van der Waals surface area contributed by atoms with Gasteiger partial charge >= 0.3 is 0 Å². The number of hydrogen-bond acceptors (Lipinski definition) is 4. The molecule has 0 aliphatic heterocycles. The van der Waals surface area contributed by atoms with Crippen LogP contribution in [0.4, 0.5) is 5.82 Å². The Bertz CT molecular complexity index is 1130. The Morgan fingerprint density at radius 1 is 1.11 bits per heavy atom. The van der Waals surface area contributed by atoms with E-state index in [4.69, 9.17) is 5.73 Å². The minimum atomic E-state index is -0.0297. The number of carbonyl (C=O) groups is 1. The lowest BCUT2D eigenvalue weighted by molar-refractivity contribution is 0.0953. The first-order valence-electron chi connectivity index (χ1n) is 9.47. The van der Waals surface area contributed by atoms with Crippen LogP contribution in [0.25, 0.3) is 21.9 Å². The fraction of sp³-hybridized carbons (Fsp3) is 0.227. The van der Waals surface area contributed by atoms with E-state index in [1.807, 2.05) is 61.8 Å². The van der Waals surface area contributed by atoms with Crippen molar-refractivity contribution in [3.05, 3.63) is 66.0 Å². The Morgan fingerprint density at radius 3 is 2.71 bits per heavy atom. The molecule has 6 heteroatoms. The fourth-order valence-electron chi connectivity index (χ4n) is 3.39. The van der Waals surface area contributed by atoms with Crippen molar-refractivity contribution in [2.24, 2.45) is 0 Å². The summed E-state index contributed by atoms with van der Waals surface area (Å²) in [5.41, 5.74) is 10.6. The van der Waals surface area contributed by atoms with Crippen LogP contribution in [0.15, 0.2) is 54.9 Å². The summed E-state index contributed by atoms with van der Waals surface area (Å²) in [6.07, 6.45) is 3.63. The number of unbranched alkanes of at least 4 members (excludes halogenated alkanes) is 1. The van der Waals surface area contributed by atoms with E-state index >= 15 is 0 Å². The van der Waals surface area contributed by atoms with E-state index in [0.29, 0.717) is 17.9 Å². The first-order chi connectivity index (χ1) is 13.6. The molecule has 0 unspecified atom stereocenters. The van der Waals surface area contributed by atoms with Crippen molar-refractivity contribution in [1.82, 2.24) is 19.9 Å². The Labute approximate surface area is 163 Å². The minimum Gasteiger partial charge on any atom is -0.382 e. The van der Waals surface area contributed by atoms with Gasteiger partial charge in [0.25, 0.3) is 5.91 Å². The van der Waals surface area contributed by atoms with Crippen molar-refractivity contribution in [1.29, 1.82) is 0 Å². The minimum absolute atomic E-state index is 0.0297. The molecule has 0 aliphatic rings. The number of para-hydroxylation sites is 1. The molecule has 0 spiro atoms. The van der Waals surface area contributed by atoms with Crippen LogP contribution in [0.5, 0.6) is 0 Å². The normalized spacial score (nSPS) is 11.2. The van der Waals surface area contributed by atoms with Crippen LogP contribution in [-0.4, -0.2) is 27.0 Å². The highest BCUT2D eigenvalue weighted by molar-refractivity contribution is 6.06. The van der Waals surface area contributed by atoms with Crippen molar-refractivity contribution in [3.63, 3.8) is 0 Å². The van der Waals surface area contributed by atoms with Gasteiger partial charge in [-0.15, -0.1) is 0 Å². The third-order valence-electron chi connectivity index (χ3n) is 4.91. The Hall–Kier alpha value is -3.41. The van der Waals surface area contributed by atoms with E-state index in [9.17, 15) is 4.79 Å². The van der Waals surface area contributed by atoms with E-state index in [1.165, 1.54) is 0 Å². The van der Waals surface area contributed by atoms with Crippen LogP contribution < -0.4 is 11.1 Å². The second-order valence-electron chi connectivity index (χ2n) is 6.98. The summed E-state index contributed by atoms with van der Waals surface area (Å²) in [7, 11) is 0. The van der Waals surface area contributed by atoms with E-state index in [2.05, 4.69) is 19.9 Å². The predicted octanol–water partition coefficient (Wildman–Crippen LogP) is 3.69. The molecule has 0 radical (unpaired) electrons. The summed E-state index contributed by atoms with van der Waals surface area (Å²) >= 11 is 0. The van der Waals surface area contributed by atoms with Crippen molar-refractivity contribution < 1.29 is 4.79 Å². The number of nitrogens with one attached hydrogen (secondary N) is 1. The zero-order valence-corrected chi connectivity index (χ0v) is 15.9. The smallest absolute Gasteiger partial charge is 0.251 e. The van der Waals surface area contributed by atoms with E-state index in [1.54, 1.807) is 0 Å². The molecule has 2 aromatic carbocycles. The van der Waals surface area contributed by atoms with Gasteiger partial charge in [0.15, 0.2) is 5.82 Å². The van der Waals surface area contributed by atoms with Crippen LogP contribution in [0.2, 0.25) is 0 Å².